The van der Waals surface area contributed by atoms with Crippen LogP contribution in [0.4, 0.5) is 5.13 Å². The molecule has 7 nitrogen and oxygen atoms in total. The van der Waals surface area contributed by atoms with Gasteiger partial charge >= 0.3 is 0 Å². The molecule has 0 aromatic carbocycles. The fourth-order valence-corrected chi connectivity index (χ4v) is 4.99. The third kappa shape index (κ3) is 2.89. The van der Waals surface area contributed by atoms with Crippen molar-refractivity contribution in [3.63, 3.8) is 0 Å². The van der Waals surface area contributed by atoms with Crippen LogP contribution in [0.2, 0.25) is 0 Å². The summed E-state index contributed by atoms with van der Waals surface area (Å²) in [7, 11) is -3.52. The van der Waals surface area contributed by atoms with E-state index in [1.54, 1.807) is 23.3 Å². The van der Waals surface area contributed by atoms with E-state index in [1.165, 1.54) is 16.2 Å². The quantitative estimate of drug-likeness (QED) is 0.858. The number of carbonyl (C=O) groups is 1. The smallest absolute Gasteiger partial charge is 0.261 e. The molecule has 24 heavy (non-hydrogen) atoms. The van der Waals surface area contributed by atoms with Gasteiger partial charge in [0.15, 0.2) is 11.0 Å². The van der Waals surface area contributed by atoms with Crippen LogP contribution in [0.3, 0.4) is 0 Å². The zero-order valence-electron chi connectivity index (χ0n) is 12.9. The van der Waals surface area contributed by atoms with Crippen LogP contribution in [-0.2, 0) is 27.7 Å². The number of allylic oxidation sites excluding steroid dienone is 2. The summed E-state index contributed by atoms with van der Waals surface area (Å²) in [6, 6.07) is 0. The summed E-state index contributed by atoms with van der Waals surface area (Å²) >= 11 is 1.50. The van der Waals surface area contributed by atoms with E-state index < -0.39 is 10.0 Å². The molecule has 0 fully saturated rings. The molecule has 9 heteroatoms. The van der Waals surface area contributed by atoms with E-state index in [0.29, 0.717) is 11.7 Å². The van der Waals surface area contributed by atoms with Gasteiger partial charge in [0, 0.05) is 17.6 Å². The Labute approximate surface area is 143 Å². The van der Waals surface area contributed by atoms with Crippen LogP contribution in [0.25, 0.3) is 0 Å². The molecule has 0 bridgehead atoms. The minimum Gasteiger partial charge on any atom is -0.331 e. The maximum absolute atomic E-state index is 12.6. The minimum absolute atomic E-state index is 0.0467. The summed E-state index contributed by atoms with van der Waals surface area (Å²) < 4.78 is 27.3. The first-order chi connectivity index (χ1) is 11.5. The zero-order valence-corrected chi connectivity index (χ0v) is 14.5. The highest BCUT2D eigenvalue weighted by Crippen LogP contribution is 2.30. The zero-order chi connectivity index (χ0) is 16.7. The maximum Gasteiger partial charge on any atom is 0.261 e. The van der Waals surface area contributed by atoms with E-state index in [0.717, 1.165) is 31.4 Å². The van der Waals surface area contributed by atoms with Gasteiger partial charge in [0.1, 0.15) is 0 Å². The van der Waals surface area contributed by atoms with Gasteiger partial charge in [-0.05, 0) is 37.8 Å². The van der Waals surface area contributed by atoms with E-state index in [4.69, 9.17) is 0 Å². The average Bonchev–Trinajstić information content (AvgIpc) is 2.95. The van der Waals surface area contributed by atoms with Gasteiger partial charge in [-0.1, -0.05) is 0 Å². The third-order valence-corrected chi connectivity index (χ3v) is 6.39. The molecule has 0 saturated heterocycles. The molecule has 0 unspecified atom stereocenters. The number of aromatic nitrogens is 1. The van der Waals surface area contributed by atoms with Crippen LogP contribution in [0.1, 0.15) is 23.4 Å². The number of sulfonamides is 1. The van der Waals surface area contributed by atoms with Crippen molar-refractivity contribution in [2.24, 2.45) is 4.40 Å². The normalized spacial score (nSPS) is 21.4. The fraction of sp³-hybridized carbons (Fsp3) is 0.400. The number of hydrogen-bond donors (Lipinski definition) is 1. The molecule has 0 radical (unpaired) electrons. The summed E-state index contributed by atoms with van der Waals surface area (Å²) in [5.74, 6) is -0.247. The molecular weight excluding hydrogens is 348 g/mol. The van der Waals surface area contributed by atoms with E-state index in [-0.39, 0.29) is 23.1 Å². The average molecular weight is 364 g/mol. The maximum atomic E-state index is 12.6. The van der Waals surface area contributed by atoms with Gasteiger partial charge in [-0.2, -0.15) is 0 Å². The third-order valence-electron chi connectivity index (χ3n) is 4.17. The van der Waals surface area contributed by atoms with Crippen molar-refractivity contribution in [3.8, 4) is 0 Å². The fourth-order valence-electron chi connectivity index (χ4n) is 2.96. The molecule has 0 spiro atoms. The number of rotatable bonds is 2. The van der Waals surface area contributed by atoms with Crippen molar-refractivity contribution in [2.45, 2.75) is 25.7 Å². The molecule has 1 aromatic rings. The predicted molar refractivity (Wildman–Crippen MR) is 92.5 cm³/mol. The van der Waals surface area contributed by atoms with E-state index in [9.17, 15) is 13.2 Å². The lowest BCUT2D eigenvalue weighted by atomic mass is 10.0. The summed E-state index contributed by atoms with van der Waals surface area (Å²) in [6.45, 7) is 0.299. The molecule has 0 saturated carbocycles. The Morgan fingerprint density at radius 2 is 2.12 bits per heavy atom. The molecule has 3 aliphatic rings. The molecule has 0 atom stereocenters. The number of fused-ring (bicyclic) bond motifs is 2. The number of hydrogen-bond acceptors (Lipinski definition) is 6. The van der Waals surface area contributed by atoms with Gasteiger partial charge in [-0.25, -0.2) is 13.4 Å². The topological polar surface area (TPSA) is 91.7 Å². The van der Waals surface area contributed by atoms with Crippen LogP contribution in [0.5, 0.6) is 0 Å². The van der Waals surface area contributed by atoms with Gasteiger partial charge in [0.05, 0.1) is 17.0 Å². The largest absolute Gasteiger partial charge is 0.331 e. The second-order valence-electron chi connectivity index (χ2n) is 5.87. The Kier molecular flexibility index (Phi) is 3.76. The van der Waals surface area contributed by atoms with E-state index in [2.05, 4.69) is 14.7 Å². The molecule has 1 aromatic heterocycles. The Morgan fingerprint density at radius 3 is 2.96 bits per heavy atom. The molecule has 2 aliphatic heterocycles. The van der Waals surface area contributed by atoms with Crippen molar-refractivity contribution in [1.29, 1.82) is 0 Å². The lowest BCUT2D eigenvalue weighted by molar-refractivity contribution is -0.112. The van der Waals surface area contributed by atoms with E-state index >= 15 is 0 Å². The first kappa shape index (κ1) is 15.5. The first-order valence-corrected chi connectivity index (χ1v) is 10.2. The van der Waals surface area contributed by atoms with Crippen molar-refractivity contribution in [2.75, 3.05) is 17.6 Å². The number of amides is 1. The van der Waals surface area contributed by atoms with Gasteiger partial charge < -0.3 is 4.90 Å². The van der Waals surface area contributed by atoms with Gasteiger partial charge in [0.25, 0.3) is 15.9 Å². The Balaban J connectivity index is 1.59. The number of carbonyl (C=O) groups excluding carboxylic acids is 1. The summed E-state index contributed by atoms with van der Waals surface area (Å²) in [4.78, 5) is 20.0. The highest BCUT2D eigenvalue weighted by molar-refractivity contribution is 7.90. The monoisotopic (exact) mass is 364 g/mol. The van der Waals surface area contributed by atoms with Crippen molar-refractivity contribution >= 4 is 38.2 Å². The van der Waals surface area contributed by atoms with Crippen LogP contribution >= 0.6 is 11.3 Å². The molecule has 3 heterocycles. The number of aryl methyl sites for hydroxylation is 2. The highest BCUT2D eigenvalue weighted by atomic mass is 32.2. The second-order valence-corrected chi connectivity index (χ2v) is 8.70. The van der Waals surface area contributed by atoms with Gasteiger partial charge in [0.2, 0.25) is 0 Å². The summed E-state index contributed by atoms with van der Waals surface area (Å²) in [5, 5.41) is 3.36. The standard InChI is InChI=1S/C15H16N4O3S2/c20-14(17-15-16-11-5-1-2-6-12(11)23-15)10-4-3-7-19-8-9-24(21,22)18-13(10)19/h3-4,7H,1-2,5-6,8-9H2,(H,16,17,20). The number of amidine groups is 1. The van der Waals surface area contributed by atoms with Crippen molar-refractivity contribution in [3.05, 3.63) is 34.5 Å². The van der Waals surface area contributed by atoms with Crippen molar-refractivity contribution < 1.29 is 13.2 Å². The van der Waals surface area contributed by atoms with Crippen LogP contribution in [-0.4, -0.2) is 42.3 Å². The molecule has 1 aliphatic carbocycles. The summed E-state index contributed by atoms with van der Waals surface area (Å²) in [5.41, 5.74) is 1.31. The minimum atomic E-state index is -3.52. The molecular formula is C15H16N4O3S2. The Hall–Kier alpha value is -2.00. The van der Waals surface area contributed by atoms with Crippen molar-refractivity contribution in [1.82, 2.24) is 9.88 Å². The van der Waals surface area contributed by atoms with E-state index in [1.807, 2.05) is 0 Å². The number of nitrogens with zero attached hydrogens (tertiary/aromatic N) is 3. The molecule has 1 amide bonds. The van der Waals surface area contributed by atoms with Crippen LogP contribution < -0.4 is 5.32 Å². The second kappa shape index (κ2) is 5.82. The first-order valence-electron chi connectivity index (χ1n) is 7.80. The molecule has 4 rings (SSSR count). The van der Waals surface area contributed by atoms with Crippen LogP contribution in [0.15, 0.2) is 28.3 Å². The lowest BCUT2D eigenvalue weighted by Crippen LogP contribution is -2.40. The Bertz CT molecular complexity index is 872. The van der Waals surface area contributed by atoms with Gasteiger partial charge in [-0.15, -0.1) is 15.7 Å². The number of thiazole rings is 1. The predicted octanol–water partition coefficient (Wildman–Crippen LogP) is 1.46. The lowest BCUT2D eigenvalue weighted by Gasteiger charge is -2.28. The van der Waals surface area contributed by atoms with Gasteiger partial charge in [-0.3, -0.25) is 10.1 Å². The molecule has 1 N–H and O–H groups in total. The SMILES string of the molecule is O=C(Nc1nc2c(s1)CCCC2)C1=CC=CN2CCS(=O)(=O)N=C12. The summed E-state index contributed by atoms with van der Waals surface area (Å²) in [6.07, 6.45) is 9.27. The Morgan fingerprint density at radius 1 is 1.29 bits per heavy atom. The van der Waals surface area contributed by atoms with Crippen LogP contribution in [0, 0.1) is 0 Å². The molecule has 126 valence electrons. The highest BCUT2D eigenvalue weighted by Gasteiger charge is 2.30. The number of anilines is 1. The number of nitrogens with one attached hydrogen (secondary N) is 1.